The molecule has 0 radical (unpaired) electrons. The van der Waals surface area contributed by atoms with Gasteiger partial charge in [0.05, 0.1) is 11.4 Å². The first-order valence-electron chi connectivity index (χ1n) is 5.33. The maximum Gasteiger partial charge on any atom is 0.0543 e. The Hall–Kier alpha value is -1.45. The van der Waals surface area contributed by atoms with Gasteiger partial charge in [0.25, 0.3) is 0 Å². The highest BCUT2D eigenvalue weighted by Crippen LogP contribution is 2.03. The molecule has 2 rings (SSSR count). The number of pyridine rings is 2. The Morgan fingerprint density at radius 2 is 1.35 bits per heavy atom. The predicted molar refractivity (Wildman–Crippen MR) is 70.9 cm³/mol. The molecule has 0 aromatic carbocycles. The van der Waals surface area contributed by atoms with E-state index in [-0.39, 0.29) is 12.4 Å². The molecule has 2 aromatic rings. The van der Waals surface area contributed by atoms with Gasteiger partial charge in [-0.1, -0.05) is 12.1 Å². The van der Waals surface area contributed by atoms with E-state index < -0.39 is 0 Å². The summed E-state index contributed by atoms with van der Waals surface area (Å²) in [5.41, 5.74) is 2.17. The second-order valence-corrected chi connectivity index (χ2v) is 3.81. The van der Waals surface area contributed by atoms with Crippen LogP contribution in [0.25, 0.3) is 0 Å². The molecule has 17 heavy (non-hydrogen) atoms. The summed E-state index contributed by atoms with van der Waals surface area (Å²) in [4.78, 5) is 10.8. The van der Waals surface area contributed by atoms with Crippen molar-refractivity contribution < 1.29 is 0 Å². The summed E-state index contributed by atoms with van der Waals surface area (Å²) in [7, 11) is 2.07. The number of aromatic nitrogens is 2. The summed E-state index contributed by atoms with van der Waals surface area (Å²) < 4.78 is 0. The van der Waals surface area contributed by atoms with E-state index in [4.69, 9.17) is 0 Å². The largest absolute Gasteiger partial charge is 0.295 e. The number of hydrogen-bond donors (Lipinski definition) is 0. The van der Waals surface area contributed by atoms with Crippen LogP contribution in [0, 0.1) is 0 Å². The Labute approximate surface area is 108 Å². The van der Waals surface area contributed by atoms with Crippen molar-refractivity contribution in [3.63, 3.8) is 0 Å². The number of hydrogen-bond acceptors (Lipinski definition) is 3. The topological polar surface area (TPSA) is 29.0 Å². The van der Waals surface area contributed by atoms with Crippen molar-refractivity contribution >= 4 is 12.4 Å². The summed E-state index contributed by atoms with van der Waals surface area (Å²) in [5.74, 6) is 0. The second kappa shape index (κ2) is 6.99. The van der Waals surface area contributed by atoms with E-state index in [1.807, 2.05) is 48.8 Å². The third kappa shape index (κ3) is 4.51. The zero-order chi connectivity index (χ0) is 11.2. The zero-order valence-corrected chi connectivity index (χ0v) is 10.6. The molecule has 4 heteroatoms. The highest BCUT2D eigenvalue weighted by atomic mass is 35.5. The van der Waals surface area contributed by atoms with Crippen LogP contribution in [0.2, 0.25) is 0 Å². The van der Waals surface area contributed by atoms with Gasteiger partial charge in [-0.25, -0.2) is 0 Å². The molecule has 0 saturated carbocycles. The molecule has 0 aliphatic heterocycles. The molecule has 3 nitrogen and oxygen atoms in total. The van der Waals surface area contributed by atoms with Gasteiger partial charge in [-0.15, -0.1) is 12.4 Å². The van der Waals surface area contributed by atoms with Gasteiger partial charge in [-0.2, -0.15) is 0 Å². The molecule has 2 heterocycles. The van der Waals surface area contributed by atoms with Gasteiger partial charge >= 0.3 is 0 Å². The van der Waals surface area contributed by atoms with E-state index in [2.05, 4.69) is 21.9 Å². The molecular formula is C13H16ClN3. The van der Waals surface area contributed by atoms with E-state index in [1.54, 1.807) is 0 Å². The van der Waals surface area contributed by atoms with Crippen LogP contribution < -0.4 is 0 Å². The van der Waals surface area contributed by atoms with Crippen LogP contribution >= 0.6 is 12.4 Å². The van der Waals surface area contributed by atoms with Crippen LogP contribution in [0.5, 0.6) is 0 Å². The van der Waals surface area contributed by atoms with Crippen molar-refractivity contribution in [1.29, 1.82) is 0 Å². The lowest BCUT2D eigenvalue weighted by atomic mass is 10.3. The lowest BCUT2D eigenvalue weighted by Crippen LogP contribution is -2.18. The van der Waals surface area contributed by atoms with Gasteiger partial charge in [-0.05, 0) is 31.3 Å². The second-order valence-electron chi connectivity index (χ2n) is 3.81. The lowest BCUT2D eigenvalue weighted by Gasteiger charge is -2.15. The van der Waals surface area contributed by atoms with E-state index in [9.17, 15) is 0 Å². The van der Waals surface area contributed by atoms with Crippen LogP contribution in [-0.4, -0.2) is 21.9 Å². The standard InChI is InChI=1S/C13H15N3.ClH/c1-16(10-12-6-2-4-8-14-12)11-13-7-3-5-9-15-13;/h2-9H,10-11H2,1H3;1H. The molecule has 0 aliphatic rings. The molecule has 0 spiro atoms. The highest BCUT2D eigenvalue weighted by molar-refractivity contribution is 5.85. The van der Waals surface area contributed by atoms with Crippen LogP contribution in [-0.2, 0) is 13.1 Å². The summed E-state index contributed by atoms with van der Waals surface area (Å²) in [5, 5.41) is 0. The maximum atomic E-state index is 4.30. The Morgan fingerprint density at radius 3 is 1.71 bits per heavy atom. The van der Waals surface area contributed by atoms with E-state index in [1.165, 1.54) is 0 Å². The third-order valence-corrected chi connectivity index (χ3v) is 2.32. The smallest absolute Gasteiger partial charge is 0.0543 e. The lowest BCUT2D eigenvalue weighted by molar-refractivity contribution is 0.311. The summed E-state index contributed by atoms with van der Waals surface area (Å²) in [6.45, 7) is 1.69. The fraction of sp³-hybridized carbons (Fsp3) is 0.231. The van der Waals surface area contributed by atoms with Crippen LogP contribution in [0.15, 0.2) is 48.8 Å². The molecule has 0 unspecified atom stereocenters. The molecular weight excluding hydrogens is 234 g/mol. The van der Waals surface area contributed by atoms with Crippen molar-refractivity contribution in [2.24, 2.45) is 0 Å². The van der Waals surface area contributed by atoms with Crippen molar-refractivity contribution in [2.75, 3.05) is 7.05 Å². The van der Waals surface area contributed by atoms with Gasteiger partial charge in [0.2, 0.25) is 0 Å². The summed E-state index contributed by atoms with van der Waals surface area (Å²) in [6, 6.07) is 12.0. The zero-order valence-electron chi connectivity index (χ0n) is 9.78. The molecule has 0 atom stereocenters. The first-order valence-corrected chi connectivity index (χ1v) is 5.33. The monoisotopic (exact) mass is 249 g/mol. The maximum absolute atomic E-state index is 4.30. The van der Waals surface area contributed by atoms with Crippen molar-refractivity contribution in [3.05, 3.63) is 60.2 Å². The number of halogens is 1. The molecule has 0 amide bonds. The summed E-state index contributed by atoms with van der Waals surface area (Å²) >= 11 is 0. The quantitative estimate of drug-likeness (QED) is 0.834. The highest BCUT2D eigenvalue weighted by Gasteiger charge is 2.02. The number of nitrogens with zero attached hydrogens (tertiary/aromatic N) is 3. The fourth-order valence-corrected chi connectivity index (χ4v) is 1.59. The van der Waals surface area contributed by atoms with Crippen molar-refractivity contribution in [3.8, 4) is 0 Å². The summed E-state index contributed by atoms with van der Waals surface area (Å²) in [6.07, 6.45) is 3.65. The minimum absolute atomic E-state index is 0. The first-order chi connectivity index (χ1) is 7.84. The SMILES string of the molecule is CN(Cc1ccccn1)Cc1ccccn1.Cl. The van der Waals surface area contributed by atoms with Crippen molar-refractivity contribution in [1.82, 2.24) is 14.9 Å². The molecule has 90 valence electrons. The third-order valence-electron chi connectivity index (χ3n) is 2.32. The molecule has 0 aliphatic carbocycles. The van der Waals surface area contributed by atoms with Gasteiger partial charge < -0.3 is 0 Å². The fourth-order valence-electron chi connectivity index (χ4n) is 1.59. The van der Waals surface area contributed by atoms with Crippen molar-refractivity contribution in [2.45, 2.75) is 13.1 Å². The van der Waals surface area contributed by atoms with Crippen LogP contribution in [0.4, 0.5) is 0 Å². The molecule has 0 N–H and O–H groups in total. The Morgan fingerprint density at radius 1 is 0.882 bits per heavy atom. The van der Waals surface area contributed by atoms with E-state index in [0.717, 1.165) is 24.5 Å². The Bertz CT molecular complexity index is 378. The number of rotatable bonds is 4. The van der Waals surface area contributed by atoms with Gasteiger partial charge in [0.1, 0.15) is 0 Å². The predicted octanol–water partition coefficient (Wildman–Crippen LogP) is 2.53. The molecule has 0 saturated heterocycles. The van der Waals surface area contributed by atoms with Gasteiger partial charge in [-0.3, -0.25) is 14.9 Å². The van der Waals surface area contributed by atoms with Gasteiger partial charge in [0.15, 0.2) is 0 Å². The minimum atomic E-state index is 0. The first kappa shape index (κ1) is 13.6. The van der Waals surface area contributed by atoms with E-state index in [0.29, 0.717) is 0 Å². The molecule has 2 aromatic heterocycles. The Kier molecular flexibility index (Phi) is 5.60. The molecule has 0 fully saturated rings. The Balaban J connectivity index is 0.00000144. The average molecular weight is 250 g/mol. The molecule has 0 bridgehead atoms. The average Bonchev–Trinajstić information content (AvgIpc) is 2.31. The van der Waals surface area contributed by atoms with Gasteiger partial charge in [0, 0.05) is 25.5 Å². The minimum Gasteiger partial charge on any atom is -0.295 e. The van der Waals surface area contributed by atoms with E-state index >= 15 is 0 Å². The van der Waals surface area contributed by atoms with Crippen LogP contribution in [0.1, 0.15) is 11.4 Å². The van der Waals surface area contributed by atoms with Crippen LogP contribution in [0.3, 0.4) is 0 Å². The normalized spacial score (nSPS) is 10.0.